The zero-order chi connectivity index (χ0) is 27.0. The Labute approximate surface area is 227 Å². The van der Waals surface area contributed by atoms with Crippen LogP contribution in [0, 0.1) is 0 Å². The standard InChI is InChI=1S/C21H22F3NO11.Na/c1-8(27)25-16-12(28)6-20(19(32)33,36-18(16)17(31)13(29)7-26)35-9-2-3-10-11(21(22,23)24)5-15(30)34-14(10)4-9;/h2-5,12-13,16-18,26,28-29,31H,6-7H2,1H3,(H,25,27)(H,32,33);/q;+1/p-1/t12-,13-,16-,17-,18-,20?;/m1./s1. The van der Waals surface area contributed by atoms with Crippen LogP contribution in [0.5, 0.6) is 5.75 Å². The van der Waals surface area contributed by atoms with E-state index in [1.165, 1.54) is 0 Å². The molecule has 37 heavy (non-hydrogen) atoms. The molecule has 0 radical (unpaired) electrons. The molecule has 2 heterocycles. The number of carbonyl (C=O) groups excluding carboxylic acids is 2. The van der Waals surface area contributed by atoms with Crippen molar-refractivity contribution in [2.45, 2.75) is 55.8 Å². The van der Waals surface area contributed by atoms with E-state index in [0.29, 0.717) is 0 Å². The number of hydrogen-bond donors (Lipinski definition) is 5. The maximum atomic E-state index is 13.3. The van der Waals surface area contributed by atoms with E-state index in [2.05, 4.69) is 5.32 Å². The van der Waals surface area contributed by atoms with Gasteiger partial charge in [0.25, 0.3) is 5.79 Å². The van der Waals surface area contributed by atoms with Crippen LogP contribution in [-0.4, -0.2) is 75.2 Å². The Bertz CT molecular complexity index is 1210. The average Bonchev–Trinajstić information content (AvgIpc) is 2.77. The van der Waals surface area contributed by atoms with E-state index in [0.717, 1.165) is 25.1 Å². The fourth-order valence-corrected chi connectivity index (χ4v) is 3.85. The first-order valence-electron chi connectivity index (χ1n) is 10.3. The Morgan fingerprint density at radius 3 is 2.49 bits per heavy atom. The van der Waals surface area contributed by atoms with Gasteiger partial charge in [-0.05, 0) is 12.1 Å². The molecule has 198 valence electrons. The number of aliphatic hydroxyl groups excluding tert-OH is 4. The molecule has 0 bridgehead atoms. The molecule has 6 atom stereocenters. The predicted molar refractivity (Wildman–Crippen MR) is 108 cm³/mol. The number of aliphatic carboxylic acids is 1. The van der Waals surface area contributed by atoms with Crippen LogP contribution >= 0.6 is 0 Å². The summed E-state index contributed by atoms with van der Waals surface area (Å²) in [6.45, 7) is 0.0438. The van der Waals surface area contributed by atoms with Crippen LogP contribution in [0.15, 0.2) is 33.5 Å². The number of halogens is 3. The number of aliphatic hydroxyl groups is 4. The maximum absolute atomic E-state index is 13.3. The van der Waals surface area contributed by atoms with E-state index in [1.807, 2.05) is 0 Å². The maximum Gasteiger partial charge on any atom is 1.00 e. The zero-order valence-electron chi connectivity index (χ0n) is 19.4. The summed E-state index contributed by atoms with van der Waals surface area (Å²) in [6.07, 6.45) is -13.4. The smallest absolute Gasteiger partial charge is 0.543 e. The number of hydrogen-bond acceptors (Lipinski definition) is 11. The van der Waals surface area contributed by atoms with Gasteiger partial charge in [-0.1, -0.05) is 0 Å². The van der Waals surface area contributed by atoms with Crippen molar-refractivity contribution in [3.05, 3.63) is 40.2 Å². The summed E-state index contributed by atoms with van der Waals surface area (Å²) in [4.78, 5) is 35.3. The number of alkyl halides is 3. The van der Waals surface area contributed by atoms with Gasteiger partial charge in [-0.2, -0.15) is 13.2 Å². The zero-order valence-corrected chi connectivity index (χ0v) is 21.4. The molecule has 0 aliphatic carbocycles. The molecular formula is C21H21F3NNaO11. The van der Waals surface area contributed by atoms with Crippen LogP contribution < -0.4 is 50.3 Å². The molecule has 0 spiro atoms. The molecule has 2 aromatic rings. The summed E-state index contributed by atoms with van der Waals surface area (Å²) in [6, 6.07) is 1.30. The molecule has 12 nitrogen and oxygen atoms in total. The van der Waals surface area contributed by atoms with E-state index >= 15 is 0 Å². The summed E-state index contributed by atoms with van der Waals surface area (Å²) in [7, 11) is 0. The molecule has 1 unspecified atom stereocenters. The minimum absolute atomic E-state index is 0. The van der Waals surface area contributed by atoms with Gasteiger partial charge in [0.15, 0.2) is 0 Å². The molecule has 5 N–H and O–H groups in total. The van der Waals surface area contributed by atoms with Gasteiger partial charge >= 0.3 is 41.4 Å². The molecule has 1 amide bonds. The van der Waals surface area contributed by atoms with Crippen molar-refractivity contribution < 1.29 is 91.7 Å². The number of carbonyl (C=O) groups is 2. The van der Waals surface area contributed by atoms with Gasteiger partial charge in [-0.3, -0.25) is 4.79 Å². The molecular weight excluding hydrogens is 522 g/mol. The van der Waals surface area contributed by atoms with Crippen LogP contribution in [0.3, 0.4) is 0 Å². The van der Waals surface area contributed by atoms with E-state index in [9.17, 15) is 48.0 Å². The molecule has 0 saturated carbocycles. The van der Waals surface area contributed by atoms with Crippen molar-refractivity contribution in [3.8, 4) is 5.75 Å². The van der Waals surface area contributed by atoms with Crippen LogP contribution in [0.25, 0.3) is 11.0 Å². The Morgan fingerprint density at radius 1 is 1.30 bits per heavy atom. The first-order valence-corrected chi connectivity index (χ1v) is 10.3. The second-order valence-electron chi connectivity index (χ2n) is 8.10. The largest absolute Gasteiger partial charge is 1.00 e. The van der Waals surface area contributed by atoms with Crippen molar-refractivity contribution in [2.24, 2.45) is 0 Å². The molecule has 16 heteroatoms. The van der Waals surface area contributed by atoms with E-state index < -0.39 is 95.2 Å². The summed E-state index contributed by atoms with van der Waals surface area (Å²) >= 11 is 0. The Hall–Kier alpha value is -2.24. The van der Waals surface area contributed by atoms with Crippen LogP contribution in [0.1, 0.15) is 18.9 Å². The average molecular weight is 543 g/mol. The van der Waals surface area contributed by atoms with E-state index in [-0.39, 0.29) is 35.6 Å². The van der Waals surface area contributed by atoms with Gasteiger partial charge in [0.2, 0.25) is 5.91 Å². The molecule has 1 aromatic carbocycles. The molecule has 1 aliphatic rings. The second kappa shape index (κ2) is 11.7. The Morgan fingerprint density at radius 2 is 1.95 bits per heavy atom. The fraction of sp³-hybridized carbons (Fsp3) is 0.476. The third kappa shape index (κ3) is 6.61. The van der Waals surface area contributed by atoms with E-state index in [1.54, 1.807) is 0 Å². The van der Waals surface area contributed by atoms with Crippen molar-refractivity contribution in [1.29, 1.82) is 0 Å². The van der Waals surface area contributed by atoms with Crippen molar-refractivity contribution in [2.75, 3.05) is 6.61 Å². The monoisotopic (exact) mass is 543 g/mol. The van der Waals surface area contributed by atoms with Gasteiger partial charge < -0.3 is 49.5 Å². The molecule has 1 saturated heterocycles. The molecule has 1 fully saturated rings. The van der Waals surface area contributed by atoms with Gasteiger partial charge in [0, 0.05) is 30.9 Å². The summed E-state index contributed by atoms with van der Waals surface area (Å²) < 4.78 is 55.3. The fourth-order valence-electron chi connectivity index (χ4n) is 3.85. The van der Waals surface area contributed by atoms with Gasteiger partial charge in [0.05, 0.1) is 24.3 Å². The van der Waals surface area contributed by atoms with E-state index in [4.69, 9.17) is 19.0 Å². The van der Waals surface area contributed by atoms with Crippen molar-refractivity contribution in [3.63, 3.8) is 0 Å². The minimum Gasteiger partial charge on any atom is -0.543 e. The van der Waals surface area contributed by atoms with Gasteiger partial charge in [0.1, 0.15) is 35.6 Å². The normalized spacial score (nSPS) is 25.6. The summed E-state index contributed by atoms with van der Waals surface area (Å²) in [5.41, 5.74) is -3.26. The summed E-state index contributed by atoms with van der Waals surface area (Å²) in [5, 5.41) is 53.8. The molecule has 1 aromatic heterocycles. The summed E-state index contributed by atoms with van der Waals surface area (Å²) in [5.74, 6) is -6.20. The number of nitrogens with one attached hydrogen (secondary N) is 1. The predicted octanol–water partition coefficient (Wildman–Crippen LogP) is -4.99. The van der Waals surface area contributed by atoms with Crippen LogP contribution in [0.4, 0.5) is 13.2 Å². The van der Waals surface area contributed by atoms with Crippen LogP contribution in [-0.2, 0) is 20.5 Å². The third-order valence-electron chi connectivity index (χ3n) is 5.48. The topological polar surface area (TPSA) is 199 Å². The Balaban J connectivity index is 0.00000481. The quantitative estimate of drug-likeness (QED) is 0.166. The third-order valence-corrected chi connectivity index (χ3v) is 5.48. The van der Waals surface area contributed by atoms with Crippen molar-refractivity contribution >= 4 is 22.8 Å². The first-order chi connectivity index (χ1) is 16.7. The van der Waals surface area contributed by atoms with Crippen molar-refractivity contribution in [1.82, 2.24) is 5.32 Å². The number of benzene rings is 1. The SMILES string of the molecule is CC(=O)N[C@H]1[C@H]([C@H](O)[C@H](O)CO)OC(Oc2ccc3c(C(F)(F)F)cc(=O)oc3c2)(C(=O)[O-])C[C@H]1O.[Na+]. The number of rotatable bonds is 7. The number of carboxylic acid groups (broad SMARTS) is 1. The minimum atomic E-state index is -4.91. The molecule has 1 aliphatic heterocycles. The second-order valence-corrected chi connectivity index (χ2v) is 8.10. The first kappa shape index (κ1) is 31.0. The Kier molecular flexibility index (Phi) is 9.76. The number of carboxylic acids is 1. The number of fused-ring (bicyclic) bond motifs is 1. The van der Waals surface area contributed by atoms with Gasteiger partial charge in [-0.25, -0.2) is 4.79 Å². The molecule has 3 rings (SSSR count). The van der Waals surface area contributed by atoms with Crippen LogP contribution in [0.2, 0.25) is 0 Å². The van der Waals surface area contributed by atoms with Gasteiger partial charge in [-0.15, -0.1) is 0 Å². The number of ether oxygens (including phenoxy) is 2. The number of amides is 1.